The Kier molecular flexibility index (Phi) is 2.69. The number of carbonyl (C=O) groups excluding carboxylic acids is 2. The Morgan fingerprint density at radius 2 is 1.05 bits per heavy atom. The minimum atomic E-state index is 0.353. The van der Waals surface area contributed by atoms with Gasteiger partial charge in [-0.2, -0.15) is 0 Å². The Morgan fingerprint density at radius 3 is 1.32 bits per heavy atom. The fourth-order valence-corrected chi connectivity index (χ4v) is 5.88. The predicted molar refractivity (Wildman–Crippen MR) is 83.6 cm³/mol. The summed E-state index contributed by atoms with van der Waals surface area (Å²) in [5, 5.41) is 0. The molecule has 0 radical (unpaired) electrons. The van der Waals surface area contributed by atoms with Crippen LogP contribution in [-0.4, -0.2) is 11.6 Å². The lowest BCUT2D eigenvalue weighted by Gasteiger charge is -2.24. The van der Waals surface area contributed by atoms with Gasteiger partial charge in [-0.25, -0.2) is 0 Å². The van der Waals surface area contributed by atoms with Crippen molar-refractivity contribution in [2.75, 3.05) is 0 Å². The second-order valence-corrected chi connectivity index (χ2v) is 8.08. The summed E-state index contributed by atoms with van der Waals surface area (Å²) in [7, 11) is 0. The smallest absolute Gasteiger partial charge is 0.136 e. The SMILES string of the molecule is O=C1CC2CC1CC2c1ccc(C2CC3CC2CC3=O)cc1. The third-order valence-electron chi connectivity index (χ3n) is 7.02. The van der Waals surface area contributed by atoms with E-state index in [2.05, 4.69) is 24.3 Å². The predicted octanol–water partition coefficient (Wildman–Crippen LogP) is 3.85. The lowest BCUT2D eigenvalue weighted by molar-refractivity contribution is -0.122. The first-order chi connectivity index (χ1) is 10.7. The normalized spacial score (nSPS) is 42.5. The standard InChI is InChI=1S/C20H22O2/c21-19-9-13-5-15(19)7-17(13)11-1-2-12(4-3-11)18-8-16-6-14(18)10-20(16)22/h1-4,13-18H,5-10H2. The van der Waals surface area contributed by atoms with Gasteiger partial charge in [0, 0.05) is 24.7 Å². The third-order valence-corrected chi connectivity index (χ3v) is 7.02. The van der Waals surface area contributed by atoms with E-state index in [1.54, 1.807) is 0 Å². The van der Waals surface area contributed by atoms with Gasteiger partial charge in [-0.15, -0.1) is 0 Å². The number of ketones is 2. The van der Waals surface area contributed by atoms with Gasteiger partial charge in [-0.1, -0.05) is 24.3 Å². The van der Waals surface area contributed by atoms with Crippen LogP contribution in [0.2, 0.25) is 0 Å². The summed E-state index contributed by atoms with van der Waals surface area (Å²) in [4.78, 5) is 23.4. The van der Waals surface area contributed by atoms with Gasteiger partial charge in [-0.05, 0) is 60.5 Å². The summed E-state index contributed by atoms with van der Waals surface area (Å²) in [5.41, 5.74) is 2.87. The quantitative estimate of drug-likeness (QED) is 0.830. The van der Waals surface area contributed by atoms with Gasteiger partial charge in [0.1, 0.15) is 11.6 Å². The van der Waals surface area contributed by atoms with Crippen LogP contribution >= 0.6 is 0 Å². The van der Waals surface area contributed by atoms with E-state index in [4.69, 9.17) is 0 Å². The van der Waals surface area contributed by atoms with Crippen molar-refractivity contribution in [3.8, 4) is 0 Å². The second kappa shape index (κ2) is 4.53. The fraction of sp³-hybridized carbons (Fsp3) is 0.600. The largest absolute Gasteiger partial charge is 0.299 e. The molecule has 0 spiro atoms. The molecule has 1 aromatic rings. The maximum atomic E-state index is 11.7. The average molecular weight is 294 g/mol. The minimum absolute atomic E-state index is 0.353. The minimum Gasteiger partial charge on any atom is -0.299 e. The molecule has 4 saturated carbocycles. The van der Waals surface area contributed by atoms with Crippen LogP contribution < -0.4 is 0 Å². The summed E-state index contributed by atoms with van der Waals surface area (Å²) in [6.45, 7) is 0. The van der Waals surface area contributed by atoms with Crippen LogP contribution in [-0.2, 0) is 9.59 Å². The molecular weight excluding hydrogens is 272 g/mol. The first kappa shape index (κ1) is 13.0. The summed E-state index contributed by atoms with van der Waals surface area (Å²) in [6, 6.07) is 9.22. The molecule has 114 valence electrons. The fourth-order valence-electron chi connectivity index (χ4n) is 5.88. The molecule has 5 rings (SSSR count). The van der Waals surface area contributed by atoms with Gasteiger partial charge in [-0.3, -0.25) is 9.59 Å². The van der Waals surface area contributed by atoms with Crippen molar-refractivity contribution >= 4 is 11.6 Å². The molecule has 0 amide bonds. The van der Waals surface area contributed by atoms with Crippen LogP contribution in [0.5, 0.6) is 0 Å². The van der Waals surface area contributed by atoms with E-state index < -0.39 is 0 Å². The first-order valence-electron chi connectivity index (χ1n) is 8.84. The number of hydrogen-bond donors (Lipinski definition) is 0. The molecule has 4 aliphatic rings. The van der Waals surface area contributed by atoms with Gasteiger partial charge in [0.05, 0.1) is 0 Å². The van der Waals surface area contributed by atoms with Crippen LogP contribution in [0.25, 0.3) is 0 Å². The van der Waals surface area contributed by atoms with Gasteiger partial charge >= 0.3 is 0 Å². The van der Waals surface area contributed by atoms with Crippen molar-refractivity contribution in [2.45, 2.75) is 50.4 Å². The zero-order valence-corrected chi connectivity index (χ0v) is 12.8. The lowest BCUT2D eigenvalue weighted by Crippen LogP contribution is -2.17. The monoisotopic (exact) mass is 294 g/mol. The molecule has 0 saturated heterocycles. The van der Waals surface area contributed by atoms with Gasteiger partial charge in [0.25, 0.3) is 0 Å². The van der Waals surface area contributed by atoms with E-state index in [0.29, 0.717) is 47.1 Å². The second-order valence-electron chi connectivity index (χ2n) is 8.08. The molecule has 6 unspecified atom stereocenters. The van der Waals surface area contributed by atoms with Crippen molar-refractivity contribution in [3.05, 3.63) is 35.4 Å². The van der Waals surface area contributed by atoms with E-state index in [-0.39, 0.29) is 0 Å². The van der Waals surface area contributed by atoms with E-state index in [9.17, 15) is 9.59 Å². The number of fused-ring (bicyclic) bond motifs is 4. The Hall–Kier alpha value is -1.44. The van der Waals surface area contributed by atoms with E-state index in [1.165, 1.54) is 11.1 Å². The molecule has 0 aromatic heterocycles. The van der Waals surface area contributed by atoms with Crippen molar-refractivity contribution in [1.82, 2.24) is 0 Å². The summed E-state index contributed by atoms with van der Waals surface area (Å²) in [5.74, 6) is 4.13. The van der Waals surface area contributed by atoms with E-state index in [1.807, 2.05) is 0 Å². The Morgan fingerprint density at radius 1 is 0.636 bits per heavy atom. The van der Waals surface area contributed by atoms with Crippen molar-refractivity contribution in [1.29, 1.82) is 0 Å². The Balaban J connectivity index is 1.35. The molecule has 0 N–H and O–H groups in total. The number of rotatable bonds is 2. The topological polar surface area (TPSA) is 34.1 Å². The van der Waals surface area contributed by atoms with Crippen LogP contribution in [0.4, 0.5) is 0 Å². The van der Waals surface area contributed by atoms with Gasteiger partial charge < -0.3 is 0 Å². The molecule has 4 fully saturated rings. The molecule has 0 aliphatic heterocycles. The highest BCUT2D eigenvalue weighted by atomic mass is 16.1. The highest BCUT2D eigenvalue weighted by molar-refractivity contribution is 5.85. The molecule has 0 heterocycles. The molecule has 2 nitrogen and oxygen atoms in total. The van der Waals surface area contributed by atoms with Gasteiger partial charge in [0.2, 0.25) is 0 Å². The van der Waals surface area contributed by atoms with E-state index >= 15 is 0 Å². The Bertz CT molecular complexity index is 587. The number of carbonyl (C=O) groups is 2. The van der Waals surface area contributed by atoms with Crippen molar-refractivity contribution in [3.63, 3.8) is 0 Å². The zero-order valence-electron chi connectivity index (χ0n) is 12.8. The molecule has 4 bridgehead atoms. The Labute approximate surface area is 131 Å². The number of benzene rings is 1. The summed E-state index contributed by atoms with van der Waals surface area (Å²) in [6.07, 6.45) is 6.02. The highest BCUT2D eigenvalue weighted by Crippen LogP contribution is 2.53. The molecule has 2 heteroatoms. The van der Waals surface area contributed by atoms with Crippen molar-refractivity contribution < 1.29 is 9.59 Å². The average Bonchev–Trinajstić information content (AvgIpc) is 3.26. The maximum Gasteiger partial charge on any atom is 0.136 e. The van der Waals surface area contributed by atoms with Crippen LogP contribution in [0.3, 0.4) is 0 Å². The van der Waals surface area contributed by atoms with Crippen LogP contribution in [0.1, 0.15) is 61.5 Å². The zero-order chi connectivity index (χ0) is 14.8. The maximum absolute atomic E-state index is 11.7. The first-order valence-corrected chi connectivity index (χ1v) is 8.84. The summed E-state index contributed by atoms with van der Waals surface area (Å²) < 4.78 is 0. The highest BCUT2D eigenvalue weighted by Gasteiger charge is 2.46. The number of hydrogen-bond acceptors (Lipinski definition) is 2. The molecule has 6 atom stereocenters. The molecular formula is C20H22O2. The van der Waals surface area contributed by atoms with Crippen LogP contribution in [0, 0.1) is 23.7 Å². The molecule has 1 aromatic carbocycles. The lowest BCUT2D eigenvalue weighted by atomic mass is 9.80. The third kappa shape index (κ3) is 1.79. The summed E-state index contributed by atoms with van der Waals surface area (Å²) >= 11 is 0. The van der Waals surface area contributed by atoms with Crippen molar-refractivity contribution in [2.24, 2.45) is 23.7 Å². The van der Waals surface area contributed by atoms with E-state index in [0.717, 1.165) is 38.5 Å². The molecule has 22 heavy (non-hydrogen) atoms. The van der Waals surface area contributed by atoms with Gasteiger partial charge in [0.15, 0.2) is 0 Å². The molecule has 4 aliphatic carbocycles. The number of Topliss-reactive ketones (excluding diaryl/α,β-unsaturated/α-hetero) is 2. The van der Waals surface area contributed by atoms with Crippen LogP contribution in [0.15, 0.2) is 24.3 Å².